The highest BCUT2D eigenvalue weighted by Crippen LogP contribution is 2.08. The maximum atomic E-state index is 11.8. The Hall–Kier alpha value is -1.88. The van der Waals surface area contributed by atoms with Crippen molar-refractivity contribution in [2.75, 3.05) is 6.54 Å². The molecule has 1 fully saturated rings. The monoisotopic (exact) mass is 261 g/mol. The van der Waals surface area contributed by atoms with Crippen LogP contribution in [0.25, 0.3) is 0 Å². The van der Waals surface area contributed by atoms with Gasteiger partial charge in [0.25, 0.3) is 0 Å². The summed E-state index contributed by atoms with van der Waals surface area (Å²) in [5.74, 6) is -0.377. The normalized spacial score (nSPS) is 19.6. The van der Waals surface area contributed by atoms with Gasteiger partial charge in [0.2, 0.25) is 11.8 Å². The van der Waals surface area contributed by atoms with Crippen LogP contribution in [0.15, 0.2) is 24.3 Å². The molecule has 4 N–H and O–H groups in total. The lowest BCUT2D eigenvalue weighted by Crippen LogP contribution is -2.42. The Kier molecular flexibility index (Phi) is 4.52. The Morgan fingerprint density at radius 1 is 1.42 bits per heavy atom. The number of hydrogen-bond acceptors (Lipinski definition) is 3. The highest BCUT2D eigenvalue weighted by atomic mass is 16.2. The number of rotatable bonds is 4. The van der Waals surface area contributed by atoms with Crippen molar-refractivity contribution in [3.8, 4) is 0 Å². The quantitative estimate of drug-likeness (QED) is 0.739. The Morgan fingerprint density at radius 3 is 3.05 bits per heavy atom. The second-order valence-electron chi connectivity index (χ2n) is 4.78. The molecule has 1 atom stereocenters. The number of nitrogens with one attached hydrogen (secondary N) is 2. The van der Waals surface area contributed by atoms with E-state index in [0.717, 1.165) is 31.4 Å². The molecule has 5 nitrogen and oxygen atoms in total. The van der Waals surface area contributed by atoms with Crippen LogP contribution in [-0.4, -0.2) is 24.4 Å². The summed E-state index contributed by atoms with van der Waals surface area (Å²) in [6, 6.07) is 6.99. The van der Waals surface area contributed by atoms with Crippen molar-refractivity contribution < 1.29 is 9.59 Å². The molecule has 2 amide bonds. The van der Waals surface area contributed by atoms with Crippen LogP contribution >= 0.6 is 0 Å². The number of primary amides is 1. The number of nitrogens with two attached hydrogens (primary N) is 1. The summed E-state index contributed by atoms with van der Waals surface area (Å²) < 4.78 is 0. The van der Waals surface area contributed by atoms with Crippen molar-refractivity contribution in [2.45, 2.75) is 31.8 Å². The molecule has 1 aliphatic heterocycles. The first-order chi connectivity index (χ1) is 9.16. The average Bonchev–Trinajstić information content (AvgIpc) is 2.61. The lowest BCUT2D eigenvalue weighted by Gasteiger charge is -2.15. The fourth-order valence-electron chi connectivity index (χ4n) is 2.21. The maximum Gasteiger partial charge on any atom is 0.248 e. The van der Waals surface area contributed by atoms with Crippen molar-refractivity contribution in [1.82, 2.24) is 10.6 Å². The van der Waals surface area contributed by atoms with Crippen LogP contribution in [-0.2, 0) is 11.3 Å². The summed E-state index contributed by atoms with van der Waals surface area (Å²) in [5, 5.41) is 6.11. The second-order valence-corrected chi connectivity index (χ2v) is 4.78. The highest BCUT2D eigenvalue weighted by molar-refractivity contribution is 5.92. The molecule has 102 valence electrons. The van der Waals surface area contributed by atoms with Gasteiger partial charge in [-0.15, -0.1) is 0 Å². The van der Waals surface area contributed by atoms with Crippen LogP contribution in [0.5, 0.6) is 0 Å². The van der Waals surface area contributed by atoms with Crippen molar-refractivity contribution in [2.24, 2.45) is 5.73 Å². The molecule has 1 heterocycles. The highest BCUT2D eigenvalue weighted by Gasteiger charge is 2.19. The van der Waals surface area contributed by atoms with Crippen molar-refractivity contribution in [3.05, 3.63) is 35.4 Å². The van der Waals surface area contributed by atoms with Crippen molar-refractivity contribution >= 4 is 11.8 Å². The minimum Gasteiger partial charge on any atom is -0.366 e. The van der Waals surface area contributed by atoms with Gasteiger partial charge < -0.3 is 16.4 Å². The van der Waals surface area contributed by atoms with Gasteiger partial charge in [0, 0.05) is 18.7 Å². The van der Waals surface area contributed by atoms with Crippen LogP contribution in [0.2, 0.25) is 0 Å². The molecule has 1 unspecified atom stereocenters. The largest absolute Gasteiger partial charge is 0.366 e. The SMILES string of the molecule is NC(=O)c1cccc(CNC2CCCCNC2=O)c1. The predicted molar refractivity (Wildman–Crippen MR) is 72.4 cm³/mol. The molecule has 1 aromatic carbocycles. The first-order valence-corrected chi connectivity index (χ1v) is 6.56. The summed E-state index contributed by atoms with van der Waals surface area (Å²) in [6.45, 7) is 1.31. The van der Waals surface area contributed by atoms with Gasteiger partial charge in [-0.25, -0.2) is 0 Å². The number of carbonyl (C=O) groups is 2. The maximum absolute atomic E-state index is 11.8. The van der Waals surface area contributed by atoms with Crippen LogP contribution in [0.4, 0.5) is 0 Å². The molecule has 19 heavy (non-hydrogen) atoms. The fraction of sp³-hybridized carbons (Fsp3) is 0.429. The second kappa shape index (κ2) is 6.33. The van der Waals surface area contributed by atoms with Gasteiger partial charge >= 0.3 is 0 Å². The third-order valence-electron chi connectivity index (χ3n) is 3.30. The number of hydrogen-bond donors (Lipinski definition) is 3. The molecule has 0 aromatic heterocycles. The molecular formula is C14H19N3O2. The topological polar surface area (TPSA) is 84.2 Å². The molecule has 2 rings (SSSR count). The van der Waals surface area contributed by atoms with Gasteiger partial charge in [-0.3, -0.25) is 9.59 Å². The van der Waals surface area contributed by atoms with E-state index in [-0.39, 0.29) is 11.9 Å². The van der Waals surface area contributed by atoms with E-state index in [4.69, 9.17) is 5.73 Å². The van der Waals surface area contributed by atoms with E-state index in [9.17, 15) is 9.59 Å². The molecule has 1 aliphatic rings. The average molecular weight is 261 g/mol. The fourth-order valence-corrected chi connectivity index (χ4v) is 2.21. The summed E-state index contributed by atoms with van der Waals surface area (Å²) in [7, 11) is 0. The first kappa shape index (κ1) is 13.5. The molecular weight excluding hydrogens is 242 g/mol. The third kappa shape index (κ3) is 3.79. The first-order valence-electron chi connectivity index (χ1n) is 6.56. The molecule has 0 saturated carbocycles. The molecule has 1 aromatic rings. The van der Waals surface area contributed by atoms with Crippen LogP contribution in [0, 0.1) is 0 Å². The number of benzene rings is 1. The van der Waals surface area contributed by atoms with Crippen LogP contribution in [0.1, 0.15) is 35.2 Å². The van der Waals surface area contributed by atoms with Gasteiger partial charge in [0.1, 0.15) is 0 Å². The standard InChI is InChI=1S/C14H19N3O2/c15-13(18)11-5-3-4-10(8-11)9-17-12-6-1-2-7-16-14(12)19/h3-5,8,12,17H,1-2,6-7,9H2,(H2,15,18)(H,16,19). The minimum atomic E-state index is -0.436. The smallest absolute Gasteiger partial charge is 0.248 e. The Labute approximate surface area is 112 Å². The molecule has 0 radical (unpaired) electrons. The van der Waals surface area contributed by atoms with Gasteiger partial charge in [0.05, 0.1) is 6.04 Å². The predicted octanol–water partition coefficient (Wildman–Crippen LogP) is 0.544. The van der Waals surface area contributed by atoms with Crippen LogP contribution < -0.4 is 16.4 Å². The Balaban J connectivity index is 1.95. The lowest BCUT2D eigenvalue weighted by molar-refractivity contribution is -0.122. The molecule has 0 spiro atoms. The minimum absolute atomic E-state index is 0.0588. The van der Waals surface area contributed by atoms with E-state index in [1.54, 1.807) is 18.2 Å². The summed E-state index contributed by atoms with van der Waals surface area (Å²) in [5.41, 5.74) is 6.68. The van der Waals surface area contributed by atoms with E-state index < -0.39 is 5.91 Å². The zero-order valence-electron chi connectivity index (χ0n) is 10.8. The lowest BCUT2D eigenvalue weighted by atomic mass is 10.1. The van der Waals surface area contributed by atoms with E-state index in [1.165, 1.54) is 0 Å². The zero-order chi connectivity index (χ0) is 13.7. The Morgan fingerprint density at radius 2 is 2.26 bits per heavy atom. The summed E-state index contributed by atoms with van der Waals surface area (Å²) in [4.78, 5) is 22.9. The van der Waals surface area contributed by atoms with E-state index in [0.29, 0.717) is 12.1 Å². The van der Waals surface area contributed by atoms with Gasteiger partial charge in [-0.05, 0) is 37.0 Å². The van der Waals surface area contributed by atoms with E-state index in [2.05, 4.69) is 10.6 Å². The van der Waals surface area contributed by atoms with Gasteiger partial charge in [0.15, 0.2) is 0 Å². The third-order valence-corrected chi connectivity index (χ3v) is 3.30. The molecule has 1 saturated heterocycles. The van der Waals surface area contributed by atoms with Crippen molar-refractivity contribution in [3.63, 3.8) is 0 Å². The molecule has 0 bridgehead atoms. The summed E-state index contributed by atoms with van der Waals surface area (Å²) >= 11 is 0. The number of carbonyl (C=O) groups excluding carboxylic acids is 2. The van der Waals surface area contributed by atoms with Crippen molar-refractivity contribution in [1.29, 1.82) is 0 Å². The molecule has 0 aliphatic carbocycles. The van der Waals surface area contributed by atoms with Gasteiger partial charge in [-0.2, -0.15) is 0 Å². The van der Waals surface area contributed by atoms with Crippen LogP contribution in [0.3, 0.4) is 0 Å². The Bertz CT molecular complexity index is 474. The van der Waals surface area contributed by atoms with Gasteiger partial charge in [-0.1, -0.05) is 12.1 Å². The molecule has 5 heteroatoms. The summed E-state index contributed by atoms with van der Waals surface area (Å²) in [6.07, 6.45) is 2.92. The van der Waals surface area contributed by atoms with E-state index in [1.807, 2.05) is 6.07 Å². The number of amides is 2. The zero-order valence-corrected chi connectivity index (χ0v) is 10.8. The van der Waals surface area contributed by atoms with E-state index >= 15 is 0 Å².